The summed E-state index contributed by atoms with van der Waals surface area (Å²) in [5.41, 5.74) is 6.69. The Balaban J connectivity index is 2.62. The molecule has 2 N–H and O–H groups in total. The Kier molecular flexibility index (Phi) is 4.10. The molecule has 0 radical (unpaired) electrons. The molecule has 1 aromatic heterocycles. The van der Waals surface area contributed by atoms with E-state index in [0.717, 1.165) is 12.8 Å². The molecule has 3 nitrogen and oxygen atoms in total. The van der Waals surface area contributed by atoms with E-state index in [-0.39, 0.29) is 16.8 Å². The molecule has 1 aromatic carbocycles. The second-order valence-electron chi connectivity index (χ2n) is 4.42. The van der Waals surface area contributed by atoms with Crippen molar-refractivity contribution in [3.05, 3.63) is 34.8 Å². The molecule has 1 heterocycles. The highest BCUT2D eigenvalue weighted by Crippen LogP contribution is 2.39. The Bertz CT molecular complexity index is 579. The summed E-state index contributed by atoms with van der Waals surface area (Å²) in [6, 6.07) is 4.82. The fraction of sp³-hybridized carbons (Fsp3) is 0.357. The fourth-order valence-electron chi connectivity index (χ4n) is 2.22. The summed E-state index contributed by atoms with van der Waals surface area (Å²) >= 11 is 5.82. The molecule has 0 bridgehead atoms. The summed E-state index contributed by atoms with van der Waals surface area (Å²) in [7, 11) is 0. The van der Waals surface area contributed by atoms with Crippen molar-refractivity contribution in [3.8, 4) is 11.1 Å². The summed E-state index contributed by atoms with van der Waals surface area (Å²) in [4.78, 5) is 0. The summed E-state index contributed by atoms with van der Waals surface area (Å²) in [6.45, 7) is 4.09. The largest absolute Gasteiger partial charge is 0.380 e. The molecule has 0 spiro atoms. The molecule has 0 fully saturated rings. The fourth-order valence-corrected chi connectivity index (χ4v) is 2.40. The van der Waals surface area contributed by atoms with Gasteiger partial charge in [0.15, 0.2) is 5.82 Å². The van der Waals surface area contributed by atoms with Gasteiger partial charge in [-0.15, -0.1) is 0 Å². The number of nitrogens with zero attached hydrogens (tertiary/aromatic N) is 1. The van der Waals surface area contributed by atoms with Gasteiger partial charge >= 0.3 is 0 Å². The Morgan fingerprint density at radius 2 is 2.05 bits per heavy atom. The van der Waals surface area contributed by atoms with Crippen LogP contribution in [0.25, 0.3) is 11.1 Å². The summed E-state index contributed by atoms with van der Waals surface area (Å²) in [5.74, 6) is 0.496. The number of nitrogen functional groups attached to an aromatic ring is 1. The van der Waals surface area contributed by atoms with E-state index in [9.17, 15) is 4.39 Å². The van der Waals surface area contributed by atoms with E-state index in [0.29, 0.717) is 16.9 Å². The molecule has 0 unspecified atom stereocenters. The van der Waals surface area contributed by atoms with Crippen LogP contribution >= 0.6 is 11.6 Å². The highest BCUT2D eigenvalue weighted by molar-refractivity contribution is 6.31. The molecule has 0 amide bonds. The smallest absolute Gasteiger partial charge is 0.175 e. The zero-order chi connectivity index (χ0) is 14.0. The minimum atomic E-state index is -0.494. The van der Waals surface area contributed by atoms with Gasteiger partial charge in [0.05, 0.1) is 10.6 Å². The van der Waals surface area contributed by atoms with E-state index in [1.807, 2.05) is 13.8 Å². The van der Waals surface area contributed by atoms with E-state index >= 15 is 0 Å². The number of hydrogen-bond donors (Lipinski definition) is 1. The summed E-state index contributed by atoms with van der Waals surface area (Å²) in [5, 5.41) is 3.84. The van der Waals surface area contributed by atoms with Gasteiger partial charge in [0.2, 0.25) is 0 Å². The lowest BCUT2D eigenvalue weighted by molar-refractivity contribution is 0.356. The van der Waals surface area contributed by atoms with Crippen molar-refractivity contribution in [3.63, 3.8) is 0 Å². The lowest BCUT2D eigenvalue weighted by Gasteiger charge is -2.11. The van der Waals surface area contributed by atoms with Crippen LogP contribution in [0.15, 0.2) is 22.7 Å². The molecule has 0 aliphatic carbocycles. The van der Waals surface area contributed by atoms with Gasteiger partial charge in [0, 0.05) is 11.5 Å². The highest BCUT2D eigenvalue weighted by atomic mass is 35.5. The first-order valence-electron chi connectivity index (χ1n) is 6.29. The Morgan fingerprint density at radius 3 is 2.68 bits per heavy atom. The number of aromatic nitrogens is 1. The van der Waals surface area contributed by atoms with Crippen molar-refractivity contribution in [2.24, 2.45) is 0 Å². The Labute approximate surface area is 116 Å². The van der Waals surface area contributed by atoms with Crippen molar-refractivity contribution in [1.82, 2.24) is 5.16 Å². The lowest BCUT2D eigenvalue weighted by atomic mass is 9.93. The van der Waals surface area contributed by atoms with Crippen LogP contribution in [-0.2, 0) is 0 Å². The third-order valence-corrected chi connectivity index (χ3v) is 3.61. The molecule has 0 aliphatic rings. The predicted molar refractivity (Wildman–Crippen MR) is 74.6 cm³/mol. The molecule has 102 valence electrons. The van der Waals surface area contributed by atoms with Crippen LogP contribution in [0.5, 0.6) is 0 Å². The van der Waals surface area contributed by atoms with Crippen molar-refractivity contribution < 1.29 is 8.91 Å². The first-order valence-corrected chi connectivity index (χ1v) is 6.67. The van der Waals surface area contributed by atoms with Crippen molar-refractivity contribution in [1.29, 1.82) is 0 Å². The second-order valence-corrected chi connectivity index (χ2v) is 4.83. The van der Waals surface area contributed by atoms with Gasteiger partial charge in [-0.3, -0.25) is 0 Å². The van der Waals surface area contributed by atoms with E-state index < -0.39 is 5.82 Å². The molecule has 19 heavy (non-hydrogen) atoms. The van der Waals surface area contributed by atoms with Crippen molar-refractivity contribution >= 4 is 17.4 Å². The molecule has 0 atom stereocenters. The first-order chi connectivity index (χ1) is 9.10. The maximum Gasteiger partial charge on any atom is 0.175 e. The Morgan fingerprint density at radius 1 is 1.37 bits per heavy atom. The number of nitrogens with two attached hydrogens (primary N) is 1. The summed E-state index contributed by atoms with van der Waals surface area (Å²) in [6.07, 6.45) is 1.75. The number of halogens is 2. The van der Waals surface area contributed by atoms with Crippen molar-refractivity contribution in [2.45, 2.75) is 32.6 Å². The minimum absolute atomic E-state index is 0.0635. The lowest BCUT2D eigenvalue weighted by Crippen LogP contribution is -1.98. The van der Waals surface area contributed by atoms with Crippen LogP contribution in [0.4, 0.5) is 10.2 Å². The third-order valence-electron chi connectivity index (χ3n) is 3.32. The highest BCUT2D eigenvalue weighted by Gasteiger charge is 2.24. The van der Waals surface area contributed by atoms with Crippen LogP contribution in [-0.4, -0.2) is 5.16 Å². The molecule has 0 aliphatic heterocycles. The average molecular weight is 283 g/mol. The van der Waals surface area contributed by atoms with E-state index in [1.54, 1.807) is 12.1 Å². The maximum atomic E-state index is 14.1. The molecule has 5 heteroatoms. The zero-order valence-corrected chi connectivity index (χ0v) is 11.7. The maximum absolute atomic E-state index is 14.1. The number of benzene rings is 1. The average Bonchev–Trinajstić information content (AvgIpc) is 2.77. The van der Waals surface area contributed by atoms with Gasteiger partial charge < -0.3 is 10.3 Å². The third kappa shape index (κ3) is 2.45. The van der Waals surface area contributed by atoms with Crippen LogP contribution in [0, 0.1) is 5.82 Å². The van der Waals surface area contributed by atoms with Crippen LogP contribution in [0.1, 0.15) is 38.4 Å². The standard InChI is InChI=1S/C14H16ClFN2O/c1-3-8(4-2)13-11(14(17)18-19-13)9-6-5-7-10(15)12(9)16/h5-8H,3-4H2,1-2H3,(H2,17,18). The normalized spacial score (nSPS) is 11.2. The van der Waals surface area contributed by atoms with E-state index in [2.05, 4.69) is 5.16 Å². The number of rotatable bonds is 4. The zero-order valence-electron chi connectivity index (χ0n) is 10.9. The quantitative estimate of drug-likeness (QED) is 0.890. The van der Waals surface area contributed by atoms with Gasteiger partial charge in [-0.1, -0.05) is 42.7 Å². The molecule has 2 aromatic rings. The van der Waals surface area contributed by atoms with Crippen LogP contribution in [0.2, 0.25) is 5.02 Å². The number of anilines is 1. The van der Waals surface area contributed by atoms with Gasteiger partial charge in [0.25, 0.3) is 0 Å². The van der Waals surface area contributed by atoms with E-state index in [1.165, 1.54) is 6.07 Å². The van der Waals surface area contributed by atoms with Crippen LogP contribution in [0.3, 0.4) is 0 Å². The minimum Gasteiger partial charge on any atom is -0.380 e. The second kappa shape index (κ2) is 5.61. The molecular weight excluding hydrogens is 267 g/mol. The Hall–Kier alpha value is -1.55. The van der Waals surface area contributed by atoms with E-state index in [4.69, 9.17) is 21.9 Å². The van der Waals surface area contributed by atoms with Gasteiger partial charge in [-0.05, 0) is 18.9 Å². The monoisotopic (exact) mass is 282 g/mol. The van der Waals surface area contributed by atoms with Gasteiger partial charge in [0.1, 0.15) is 11.6 Å². The first kappa shape index (κ1) is 13.9. The summed E-state index contributed by atoms with van der Waals surface area (Å²) < 4.78 is 19.4. The van der Waals surface area contributed by atoms with Crippen LogP contribution < -0.4 is 5.73 Å². The molecular formula is C14H16ClFN2O. The predicted octanol–water partition coefficient (Wildman–Crippen LogP) is 4.62. The molecule has 2 rings (SSSR count). The van der Waals surface area contributed by atoms with Gasteiger partial charge in [-0.25, -0.2) is 4.39 Å². The molecule has 0 saturated carbocycles. The van der Waals surface area contributed by atoms with Gasteiger partial charge in [-0.2, -0.15) is 0 Å². The molecule has 0 saturated heterocycles. The topological polar surface area (TPSA) is 52.0 Å². The number of hydrogen-bond acceptors (Lipinski definition) is 3. The SMILES string of the molecule is CCC(CC)c1onc(N)c1-c1cccc(Cl)c1F. The van der Waals surface area contributed by atoms with Crippen molar-refractivity contribution in [2.75, 3.05) is 5.73 Å².